The second-order valence-corrected chi connectivity index (χ2v) is 6.90. The van der Waals surface area contributed by atoms with Crippen LogP contribution in [0, 0.1) is 0 Å². The number of fused-ring (bicyclic) bond motifs is 1. The lowest BCUT2D eigenvalue weighted by Gasteiger charge is -2.29. The monoisotopic (exact) mass is 362 g/mol. The number of nitrogens with two attached hydrogens (primary N) is 1. The second kappa shape index (κ2) is 7.61. The largest absolute Gasteiger partial charge is 0.490 e. The molecule has 2 aromatic heterocycles. The van der Waals surface area contributed by atoms with Crippen LogP contribution in [0.25, 0.3) is 10.9 Å². The number of carbonyl (C=O) groups excluding carboxylic acids is 1. The fourth-order valence-corrected chi connectivity index (χ4v) is 3.47. The minimum absolute atomic E-state index is 0.140. The molecule has 6 heteroatoms. The highest BCUT2D eigenvalue weighted by molar-refractivity contribution is 5.93. The first-order valence-corrected chi connectivity index (χ1v) is 9.21. The number of nitrogens with one attached hydrogen (secondary N) is 1. The topological polar surface area (TPSA) is 90.1 Å². The quantitative estimate of drug-likeness (QED) is 0.743. The Kier molecular flexibility index (Phi) is 4.87. The molecule has 0 atom stereocenters. The van der Waals surface area contributed by atoms with Gasteiger partial charge in [0, 0.05) is 29.5 Å². The number of nitrogens with zero attached hydrogens (tertiary/aromatic N) is 2. The highest BCUT2D eigenvalue weighted by atomic mass is 16.5. The number of nitrogen functional groups attached to an aromatic ring is 1. The van der Waals surface area contributed by atoms with E-state index in [1.807, 2.05) is 30.3 Å². The number of pyridine rings is 2. The van der Waals surface area contributed by atoms with Crippen molar-refractivity contribution in [3.63, 3.8) is 0 Å². The Labute approximate surface area is 157 Å². The van der Waals surface area contributed by atoms with E-state index >= 15 is 0 Å². The van der Waals surface area contributed by atoms with Gasteiger partial charge in [0.05, 0.1) is 11.6 Å². The zero-order chi connectivity index (χ0) is 18.6. The maximum atomic E-state index is 12.3. The zero-order valence-electron chi connectivity index (χ0n) is 15.0. The van der Waals surface area contributed by atoms with E-state index in [-0.39, 0.29) is 18.1 Å². The van der Waals surface area contributed by atoms with Gasteiger partial charge in [-0.3, -0.25) is 14.8 Å². The Morgan fingerprint density at radius 2 is 1.89 bits per heavy atom. The lowest BCUT2D eigenvalue weighted by atomic mass is 9.92. The van der Waals surface area contributed by atoms with Crippen LogP contribution in [0.15, 0.2) is 54.9 Å². The molecule has 1 fully saturated rings. The van der Waals surface area contributed by atoms with Crippen molar-refractivity contribution < 1.29 is 9.53 Å². The first-order chi connectivity index (χ1) is 13.2. The van der Waals surface area contributed by atoms with Gasteiger partial charge in [-0.25, -0.2) is 0 Å². The molecule has 0 unspecified atom stereocenters. The van der Waals surface area contributed by atoms with Gasteiger partial charge in [-0.15, -0.1) is 0 Å². The van der Waals surface area contributed by atoms with Gasteiger partial charge in [0.2, 0.25) is 0 Å². The molecule has 1 aliphatic rings. The molecular weight excluding hydrogens is 340 g/mol. The number of amides is 1. The van der Waals surface area contributed by atoms with Crippen molar-refractivity contribution in [2.75, 3.05) is 5.73 Å². The molecule has 3 aromatic rings. The number of ether oxygens (including phenoxy) is 1. The average molecular weight is 362 g/mol. The highest BCUT2D eigenvalue weighted by Gasteiger charge is 2.24. The molecule has 1 aromatic carbocycles. The first kappa shape index (κ1) is 17.3. The normalized spacial score (nSPS) is 19.6. The number of hydrogen-bond donors (Lipinski definition) is 2. The predicted octanol–water partition coefficient (Wildman–Crippen LogP) is 3.33. The Bertz CT molecular complexity index is 952. The molecule has 0 saturated heterocycles. The van der Waals surface area contributed by atoms with Crippen LogP contribution in [0.2, 0.25) is 0 Å². The number of hydrogen-bond acceptors (Lipinski definition) is 5. The van der Waals surface area contributed by atoms with Gasteiger partial charge in [-0.2, -0.15) is 0 Å². The third kappa shape index (κ3) is 4.16. The SMILES string of the molecule is Nc1ccnc(C(=O)NC2CCC(Oc3ccc4ncccc4c3)CC2)c1. The lowest BCUT2D eigenvalue weighted by Crippen LogP contribution is -2.40. The summed E-state index contributed by atoms with van der Waals surface area (Å²) in [5.74, 6) is 0.695. The summed E-state index contributed by atoms with van der Waals surface area (Å²) in [6.45, 7) is 0. The lowest BCUT2D eigenvalue weighted by molar-refractivity contribution is 0.0889. The maximum Gasteiger partial charge on any atom is 0.270 e. The summed E-state index contributed by atoms with van der Waals surface area (Å²) >= 11 is 0. The van der Waals surface area contributed by atoms with Crippen LogP contribution in [0.1, 0.15) is 36.2 Å². The van der Waals surface area contributed by atoms with Crippen molar-refractivity contribution in [1.29, 1.82) is 0 Å². The molecule has 1 amide bonds. The molecule has 138 valence electrons. The van der Waals surface area contributed by atoms with Gasteiger partial charge in [0.1, 0.15) is 11.4 Å². The average Bonchev–Trinajstić information content (AvgIpc) is 2.69. The van der Waals surface area contributed by atoms with Gasteiger partial charge in [-0.1, -0.05) is 6.07 Å². The van der Waals surface area contributed by atoms with Crippen LogP contribution in [0.4, 0.5) is 5.69 Å². The zero-order valence-corrected chi connectivity index (χ0v) is 15.0. The predicted molar refractivity (Wildman–Crippen MR) is 105 cm³/mol. The van der Waals surface area contributed by atoms with E-state index in [1.165, 1.54) is 0 Å². The van der Waals surface area contributed by atoms with Crippen molar-refractivity contribution >= 4 is 22.5 Å². The smallest absolute Gasteiger partial charge is 0.270 e. The Morgan fingerprint density at radius 1 is 1.04 bits per heavy atom. The molecule has 0 aliphatic heterocycles. The van der Waals surface area contributed by atoms with E-state index in [4.69, 9.17) is 10.5 Å². The number of benzene rings is 1. The molecule has 2 heterocycles. The number of carbonyl (C=O) groups is 1. The third-order valence-electron chi connectivity index (χ3n) is 4.90. The summed E-state index contributed by atoms with van der Waals surface area (Å²) in [5.41, 5.74) is 7.58. The van der Waals surface area contributed by atoms with Gasteiger partial charge in [0.15, 0.2) is 0 Å². The molecule has 1 aliphatic carbocycles. The third-order valence-corrected chi connectivity index (χ3v) is 4.90. The van der Waals surface area contributed by atoms with Crippen LogP contribution in [0.3, 0.4) is 0 Å². The summed E-state index contributed by atoms with van der Waals surface area (Å²) in [4.78, 5) is 20.7. The maximum absolute atomic E-state index is 12.3. The van der Waals surface area contributed by atoms with Gasteiger partial charge < -0.3 is 15.8 Å². The molecular formula is C21H22N4O2. The number of aromatic nitrogens is 2. The summed E-state index contributed by atoms with van der Waals surface area (Å²) in [7, 11) is 0. The minimum atomic E-state index is -0.173. The van der Waals surface area contributed by atoms with Crippen LogP contribution in [-0.4, -0.2) is 28.0 Å². The van der Waals surface area contributed by atoms with Crippen molar-refractivity contribution in [3.05, 3.63) is 60.6 Å². The molecule has 27 heavy (non-hydrogen) atoms. The minimum Gasteiger partial charge on any atom is -0.490 e. The van der Waals surface area contributed by atoms with Crippen molar-refractivity contribution in [2.45, 2.75) is 37.8 Å². The molecule has 1 saturated carbocycles. The van der Waals surface area contributed by atoms with E-state index in [1.54, 1.807) is 24.5 Å². The van der Waals surface area contributed by atoms with Crippen molar-refractivity contribution in [1.82, 2.24) is 15.3 Å². The fourth-order valence-electron chi connectivity index (χ4n) is 3.47. The Balaban J connectivity index is 1.31. The summed E-state index contributed by atoms with van der Waals surface area (Å²) in [5, 5.41) is 4.12. The summed E-state index contributed by atoms with van der Waals surface area (Å²) in [6, 6.07) is 13.3. The molecule has 0 bridgehead atoms. The van der Waals surface area contributed by atoms with Crippen LogP contribution in [0.5, 0.6) is 5.75 Å². The van der Waals surface area contributed by atoms with E-state index in [0.29, 0.717) is 11.4 Å². The van der Waals surface area contributed by atoms with E-state index < -0.39 is 0 Å². The fraction of sp³-hybridized carbons (Fsp3) is 0.286. The Hall–Kier alpha value is -3.15. The van der Waals surface area contributed by atoms with Crippen LogP contribution in [-0.2, 0) is 0 Å². The van der Waals surface area contributed by atoms with Gasteiger partial charge in [0.25, 0.3) is 5.91 Å². The van der Waals surface area contributed by atoms with Crippen molar-refractivity contribution in [2.24, 2.45) is 0 Å². The molecule has 4 rings (SSSR count). The standard InChI is InChI=1S/C21H22N4O2/c22-15-9-11-24-20(13-15)21(26)25-16-3-5-17(6-4-16)27-18-7-8-19-14(12-18)2-1-10-23-19/h1-2,7-13,16-17H,3-6H2,(H2,22,24)(H,25,26). The molecule has 0 radical (unpaired) electrons. The van der Waals surface area contributed by atoms with Gasteiger partial charge in [-0.05, 0) is 62.1 Å². The second-order valence-electron chi connectivity index (χ2n) is 6.90. The summed E-state index contributed by atoms with van der Waals surface area (Å²) < 4.78 is 6.15. The van der Waals surface area contributed by atoms with Gasteiger partial charge >= 0.3 is 0 Å². The highest BCUT2D eigenvalue weighted by Crippen LogP contribution is 2.26. The number of anilines is 1. The molecule has 0 spiro atoms. The van der Waals surface area contributed by atoms with Crippen molar-refractivity contribution in [3.8, 4) is 5.75 Å². The number of rotatable bonds is 4. The molecule has 3 N–H and O–H groups in total. The molecule has 6 nitrogen and oxygen atoms in total. The van der Waals surface area contributed by atoms with Crippen LogP contribution >= 0.6 is 0 Å². The Morgan fingerprint density at radius 3 is 2.70 bits per heavy atom. The van der Waals surface area contributed by atoms with E-state index in [9.17, 15) is 4.79 Å². The first-order valence-electron chi connectivity index (χ1n) is 9.21. The van der Waals surface area contributed by atoms with E-state index in [0.717, 1.165) is 42.3 Å². The van der Waals surface area contributed by atoms with E-state index in [2.05, 4.69) is 15.3 Å². The van der Waals surface area contributed by atoms with Crippen LogP contribution < -0.4 is 15.8 Å². The summed E-state index contributed by atoms with van der Waals surface area (Å²) in [6.07, 6.45) is 7.08.